The van der Waals surface area contributed by atoms with Gasteiger partial charge in [0.05, 0.1) is 6.20 Å². The van der Waals surface area contributed by atoms with Gasteiger partial charge in [-0.3, -0.25) is 4.72 Å². The van der Waals surface area contributed by atoms with Crippen molar-refractivity contribution in [2.24, 2.45) is 0 Å². The Morgan fingerprint density at radius 1 is 1.57 bits per heavy atom. The highest BCUT2D eigenvalue weighted by atomic mass is 32.2. The normalized spacial score (nSPS) is 23.4. The number of nitrogens with one attached hydrogen (secondary N) is 1. The van der Waals surface area contributed by atoms with Gasteiger partial charge in [-0.1, -0.05) is 0 Å². The van der Waals surface area contributed by atoms with Gasteiger partial charge >= 0.3 is 10.3 Å². The summed E-state index contributed by atoms with van der Waals surface area (Å²) < 4.78 is 26.1. The molecule has 5 heteroatoms. The van der Waals surface area contributed by atoms with E-state index in [2.05, 4.69) is 4.18 Å². The van der Waals surface area contributed by atoms with Crippen LogP contribution in [0.25, 0.3) is 0 Å². The van der Waals surface area contributed by atoms with Crippen molar-refractivity contribution in [1.29, 1.82) is 0 Å². The minimum Gasteiger partial charge on any atom is -0.373 e. The number of hydrogen-bond acceptors (Lipinski definition) is 3. The Hall–Kier alpha value is -0.710. The average Bonchev–Trinajstić information content (AvgIpc) is 1.84. The summed E-state index contributed by atoms with van der Waals surface area (Å²) in [6, 6.07) is 0. The molecule has 4 nitrogen and oxygen atoms in total. The van der Waals surface area contributed by atoms with Crippen molar-refractivity contribution >= 4 is 10.3 Å². The van der Waals surface area contributed by atoms with Gasteiger partial charge in [0, 0.05) is 0 Å². The molecule has 40 valence electrons. The van der Waals surface area contributed by atoms with Crippen LogP contribution in [0.5, 0.6) is 0 Å². The van der Waals surface area contributed by atoms with E-state index in [0.717, 1.165) is 6.26 Å². The van der Waals surface area contributed by atoms with Crippen molar-refractivity contribution in [1.82, 2.24) is 4.72 Å². The van der Waals surface area contributed by atoms with E-state index in [1.165, 1.54) is 6.20 Å². The molecule has 1 heterocycles. The van der Waals surface area contributed by atoms with Crippen LogP contribution in [0.4, 0.5) is 0 Å². The second-order valence-corrected chi connectivity index (χ2v) is 2.31. The molecule has 1 N–H and O–H groups in total. The maximum Gasteiger partial charge on any atom is 0.406 e. The van der Waals surface area contributed by atoms with Gasteiger partial charge < -0.3 is 4.18 Å². The Kier molecular flexibility index (Phi) is 0.717. The molecule has 0 aromatic rings. The van der Waals surface area contributed by atoms with Gasteiger partial charge in [-0.2, -0.15) is 8.42 Å². The van der Waals surface area contributed by atoms with E-state index in [4.69, 9.17) is 0 Å². The topological polar surface area (TPSA) is 55.4 Å². The molecule has 0 spiro atoms. The molecule has 0 aromatic heterocycles. The maximum absolute atomic E-state index is 10.0. The summed E-state index contributed by atoms with van der Waals surface area (Å²) in [5, 5.41) is 0. The summed E-state index contributed by atoms with van der Waals surface area (Å²) >= 11 is 0. The quantitative estimate of drug-likeness (QED) is 0.462. The lowest BCUT2D eigenvalue weighted by Crippen LogP contribution is -2.11. The first-order chi connectivity index (χ1) is 3.21. The van der Waals surface area contributed by atoms with Crippen LogP contribution in [0.1, 0.15) is 0 Å². The molecule has 0 aromatic carbocycles. The van der Waals surface area contributed by atoms with E-state index in [9.17, 15) is 8.42 Å². The Morgan fingerprint density at radius 2 is 2.29 bits per heavy atom. The average molecular weight is 121 g/mol. The van der Waals surface area contributed by atoms with Crippen molar-refractivity contribution in [3.63, 3.8) is 0 Å². The molecule has 0 amide bonds. The largest absolute Gasteiger partial charge is 0.406 e. The van der Waals surface area contributed by atoms with Gasteiger partial charge in [-0.15, -0.1) is 0 Å². The van der Waals surface area contributed by atoms with Crippen LogP contribution >= 0.6 is 0 Å². The van der Waals surface area contributed by atoms with Crippen LogP contribution < -0.4 is 4.72 Å². The lowest BCUT2D eigenvalue weighted by molar-refractivity contribution is 0.453. The summed E-state index contributed by atoms with van der Waals surface area (Å²) in [6.45, 7) is 0. The summed E-state index contributed by atoms with van der Waals surface area (Å²) in [5.41, 5.74) is 0. The highest BCUT2D eigenvalue weighted by Crippen LogP contribution is 1.94. The SMILES string of the molecule is O=S1(=O)NC=CO1. The van der Waals surface area contributed by atoms with Gasteiger partial charge in [0.2, 0.25) is 0 Å². The molecule has 0 saturated heterocycles. The minimum absolute atomic E-state index is 1.06. The van der Waals surface area contributed by atoms with E-state index >= 15 is 0 Å². The molecule has 0 saturated carbocycles. The minimum atomic E-state index is -3.41. The van der Waals surface area contributed by atoms with Gasteiger partial charge in [0.25, 0.3) is 0 Å². The molecule has 0 fully saturated rings. The predicted molar refractivity (Wildman–Crippen MR) is 22.3 cm³/mol. The highest BCUT2D eigenvalue weighted by molar-refractivity contribution is 7.85. The van der Waals surface area contributed by atoms with Crippen molar-refractivity contribution in [3.8, 4) is 0 Å². The van der Waals surface area contributed by atoms with Gasteiger partial charge in [0.1, 0.15) is 6.26 Å². The molecule has 0 aliphatic carbocycles. The fourth-order valence-corrected chi connectivity index (χ4v) is 0.719. The van der Waals surface area contributed by atoms with E-state index < -0.39 is 10.3 Å². The Balaban J connectivity index is 2.88. The standard InChI is InChI=1S/C2H3NO3S/c4-7(5)3-1-2-6-7/h1-3H. The molecule has 1 rings (SSSR count). The number of rotatable bonds is 0. The van der Waals surface area contributed by atoms with E-state index in [0.29, 0.717) is 0 Å². The Labute approximate surface area is 41.0 Å². The third-order valence-electron chi connectivity index (χ3n) is 0.463. The summed E-state index contributed by atoms with van der Waals surface area (Å²) in [6.07, 6.45) is 2.27. The third kappa shape index (κ3) is 0.833. The zero-order valence-electron chi connectivity index (χ0n) is 3.29. The monoisotopic (exact) mass is 121 g/mol. The first-order valence-corrected chi connectivity index (χ1v) is 2.97. The molecule has 0 atom stereocenters. The zero-order chi connectivity index (χ0) is 5.33. The number of hydrogen-bond donors (Lipinski definition) is 1. The van der Waals surface area contributed by atoms with E-state index in [1.807, 2.05) is 4.72 Å². The lowest BCUT2D eigenvalue weighted by Gasteiger charge is -1.87. The first kappa shape index (κ1) is 4.45. The highest BCUT2D eigenvalue weighted by Gasteiger charge is 2.09. The van der Waals surface area contributed by atoms with Crippen LogP contribution in [-0.2, 0) is 14.5 Å². The lowest BCUT2D eigenvalue weighted by atomic mass is 11.0. The fourth-order valence-electron chi connectivity index (χ4n) is 0.240. The zero-order valence-corrected chi connectivity index (χ0v) is 4.10. The maximum atomic E-state index is 10.0. The van der Waals surface area contributed by atoms with Crippen molar-refractivity contribution in [3.05, 3.63) is 12.5 Å². The Morgan fingerprint density at radius 3 is 2.43 bits per heavy atom. The summed E-state index contributed by atoms with van der Waals surface area (Å²) in [4.78, 5) is 0. The Bertz CT molecular complexity index is 165. The fraction of sp³-hybridized carbons (Fsp3) is 0. The van der Waals surface area contributed by atoms with Crippen molar-refractivity contribution < 1.29 is 12.6 Å². The van der Waals surface area contributed by atoms with E-state index in [-0.39, 0.29) is 0 Å². The summed E-state index contributed by atoms with van der Waals surface area (Å²) in [5.74, 6) is 0. The van der Waals surface area contributed by atoms with Crippen LogP contribution in [0, 0.1) is 0 Å². The second kappa shape index (κ2) is 1.13. The molecule has 7 heavy (non-hydrogen) atoms. The van der Waals surface area contributed by atoms with Crippen molar-refractivity contribution in [2.45, 2.75) is 0 Å². The van der Waals surface area contributed by atoms with Crippen LogP contribution in [0.3, 0.4) is 0 Å². The molecule has 1 aliphatic rings. The second-order valence-electron chi connectivity index (χ2n) is 0.971. The van der Waals surface area contributed by atoms with Crippen LogP contribution in [0.2, 0.25) is 0 Å². The van der Waals surface area contributed by atoms with Gasteiger partial charge in [0.15, 0.2) is 0 Å². The van der Waals surface area contributed by atoms with Crippen molar-refractivity contribution in [2.75, 3.05) is 0 Å². The van der Waals surface area contributed by atoms with Crippen LogP contribution in [-0.4, -0.2) is 8.42 Å². The van der Waals surface area contributed by atoms with Gasteiger partial charge in [-0.05, 0) is 0 Å². The third-order valence-corrected chi connectivity index (χ3v) is 1.25. The molecular formula is C2H3NO3S. The molecule has 1 aliphatic heterocycles. The molecular weight excluding hydrogens is 118 g/mol. The molecule has 0 unspecified atom stereocenters. The first-order valence-electron chi connectivity index (χ1n) is 1.56. The van der Waals surface area contributed by atoms with E-state index in [1.54, 1.807) is 0 Å². The smallest absolute Gasteiger partial charge is 0.373 e. The van der Waals surface area contributed by atoms with Gasteiger partial charge in [-0.25, -0.2) is 0 Å². The molecule has 0 radical (unpaired) electrons. The predicted octanol–water partition coefficient (Wildman–Crippen LogP) is -0.678. The summed E-state index contributed by atoms with van der Waals surface area (Å²) in [7, 11) is -3.41. The molecule has 0 bridgehead atoms. The van der Waals surface area contributed by atoms with Crippen LogP contribution in [0.15, 0.2) is 12.5 Å².